The summed E-state index contributed by atoms with van der Waals surface area (Å²) in [5, 5.41) is 16.2. The molecule has 1 unspecified atom stereocenters. The minimum Gasteiger partial charge on any atom is -0.508 e. The van der Waals surface area contributed by atoms with Gasteiger partial charge in [-0.15, -0.1) is 6.42 Å². The molecule has 3 atom stereocenters. The molecule has 2 N–H and O–H groups in total. The van der Waals surface area contributed by atoms with Crippen LogP contribution in [-0.2, 0) is 12.1 Å². The van der Waals surface area contributed by atoms with Crippen molar-refractivity contribution < 1.29 is 19.0 Å². The minimum absolute atomic E-state index is 0.00879. The number of aromatic nitrogens is 3. The molecule has 48 heavy (non-hydrogen) atoms. The van der Waals surface area contributed by atoms with Gasteiger partial charge in [0.2, 0.25) is 0 Å². The first-order chi connectivity index (χ1) is 23.5. The summed E-state index contributed by atoms with van der Waals surface area (Å²) in [6, 6.07) is 15.6. The molecular formula is C38H35FN6O3. The van der Waals surface area contributed by atoms with Crippen LogP contribution in [0.1, 0.15) is 42.4 Å². The van der Waals surface area contributed by atoms with E-state index >= 15 is 4.39 Å². The standard InChI is InChI=1S/C38H35FN6O3/c1-3-22-7-4-8-23-15-26(46)16-27(32(22)23)34-33(39)35-28(17-40-34)36(44-18-24-11-12-25(19-44)41-24)43-37(42-35)48-21-38-13-6-14-45(38)20-29-30(38)9-5-10-31(29)47-2/h1,4-5,7-10,15-17,24-25,41,46H,6,11-14,18-21H2,2H3/t24-,25+,38?. The van der Waals surface area contributed by atoms with Crippen LogP contribution in [-0.4, -0.2) is 70.4 Å². The maximum Gasteiger partial charge on any atom is 0.319 e. The lowest BCUT2D eigenvalue weighted by Crippen LogP contribution is -2.51. The molecule has 2 bridgehead atoms. The van der Waals surface area contributed by atoms with E-state index in [1.807, 2.05) is 24.3 Å². The van der Waals surface area contributed by atoms with Crippen LogP contribution in [0.4, 0.5) is 10.2 Å². The lowest BCUT2D eigenvalue weighted by molar-refractivity contribution is 0.0825. The van der Waals surface area contributed by atoms with Crippen molar-refractivity contribution in [3.63, 3.8) is 0 Å². The number of terminal acetylenes is 1. The summed E-state index contributed by atoms with van der Waals surface area (Å²) in [6.07, 6.45) is 11.7. The monoisotopic (exact) mass is 642 g/mol. The number of piperazine rings is 1. The second-order valence-electron chi connectivity index (χ2n) is 13.4. The first-order valence-electron chi connectivity index (χ1n) is 16.6. The number of phenolic OH excluding ortho intramolecular Hbond substituents is 1. The normalized spacial score (nSPS) is 23.0. The summed E-state index contributed by atoms with van der Waals surface area (Å²) in [6.45, 7) is 3.57. The van der Waals surface area contributed by atoms with Crippen molar-refractivity contribution in [2.75, 3.05) is 38.3 Å². The molecule has 3 saturated heterocycles. The fourth-order valence-corrected chi connectivity index (χ4v) is 8.65. The zero-order valence-electron chi connectivity index (χ0n) is 26.7. The minimum atomic E-state index is -0.616. The van der Waals surface area contributed by atoms with Crippen LogP contribution in [0.25, 0.3) is 32.9 Å². The molecule has 5 aromatic rings. The molecule has 4 aliphatic heterocycles. The van der Waals surface area contributed by atoms with Crippen LogP contribution >= 0.6 is 0 Å². The Hall–Kier alpha value is -4.98. The van der Waals surface area contributed by atoms with Crippen LogP contribution in [0.3, 0.4) is 0 Å². The number of ether oxygens (including phenoxy) is 2. The van der Waals surface area contributed by atoms with Gasteiger partial charge in [-0.2, -0.15) is 9.97 Å². The van der Waals surface area contributed by atoms with E-state index < -0.39 is 5.82 Å². The summed E-state index contributed by atoms with van der Waals surface area (Å²) in [7, 11) is 1.71. The second-order valence-corrected chi connectivity index (χ2v) is 13.4. The SMILES string of the molecule is C#Cc1cccc2cc(O)cc(-c3ncc4c(N5C[C@H]6CC[C@@H](C5)N6)nc(OCC56CCCN5Cc5c(OC)cccc56)nc4c3F)c12. The Kier molecular flexibility index (Phi) is 6.71. The highest BCUT2D eigenvalue weighted by molar-refractivity contribution is 6.02. The van der Waals surface area contributed by atoms with Gasteiger partial charge in [0.25, 0.3) is 0 Å². The molecule has 2 aromatic heterocycles. The highest BCUT2D eigenvalue weighted by Gasteiger charge is 2.50. The lowest BCUT2D eigenvalue weighted by Gasteiger charge is -2.35. The van der Waals surface area contributed by atoms with Gasteiger partial charge in [0, 0.05) is 60.0 Å². The number of aromatic hydroxyl groups is 1. The van der Waals surface area contributed by atoms with E-state index in [9.17, 15) is 5.11 Å². The fourth-order valence-electron chi connectivity index (χ4n) is 8.65. The Bertz CT molecular complexity index is 2160. The maximum absolute atomic E-state index is 17.0. The van der Waals surface area contributed by atoms with Crippen LogP contribution in [0.5, 0.6) is 17.5 Å². The van der Waals surface area contributed by atoms with Crippen LogP contribution in [0.2, 0.25) is 0 Å². The Balaban J connectivity index is 1.18. The Labute approximate surface area is 277 Å². The molecule has 9 nitrogen and oxygen atoms in total. The zero-order chi connectivity index (χ0) is 32.6. The van der Waals surface area contributed by atoms with E-state index in [1.165, 1.54) is 17.2 Å². The van der Waals surface area contributed by atoms with E-state index in [4.69, 9.17) is 25.9 Å². The van der Waals surface area contributed by atoms with Crippen LogP contribution < -0.4 is 19.7 Å². The molecule has 10 heteroatoms. The summed E-state index contributed by atoms with van der Waals surface area (Å²) in [5.41, 5.74) is 3.21. The lowest BCUT2D eigenvalue weighted by atomic mass is 9.88. The Morgan fingerprint density at radius 1 is 1.12 bits per heavy atom. The third-order valence-electron chi connectivity index (χ3n) is 10.8. The molecule has 3 aromatic carbocycles. The molecule has 6 heterocycles. The number of hydrogen-bond acceptors (Lipinski definition) is 9. The van der Waals surface area contributed by atoms with Crippen LogP contribution in [0.15, 0.2) is 54.7 Å². The molecular weight excluding hydrogens is 607 g/mol. The zero-order valence-corrected chi connectivity index (χ0v) is 26.7. The first-order valence-corrected chi connectivity index (χ1v) is 16.6. The average molecular weight is 643 g/mol. The second kappa shape index (κ2) is 11.0. The predicted octanol–water partition coefficient (Wildman–Crippen LogP) is 5.50. The molecule has 0 saturated carbocycles. The third-order valence-corrected chi connectivity index (χ3v) is 10.8. The van der Waals surface area contributed by atoms with Crippen molar-refractivity contribution >= 4 is 27.5 Å². The van der Waals surface area contributed by atoms with Crippen molar-refractivity contribution in [1.82, 2.24) is 25.2 Å². The summed E-state index contributed by atoms with van der Waals surface area (Å²) >= 11 is 0. The van der Waals surface area contributed by atoms with E-state index in [1.54, 1.807) is 25.4 Å². The molecule has 242 valence electrons. The van der Waals surface area contributed by atoms with Gasteiger partial charge in [0.05, 0.1) is 18.0 Å². The number of pyridine rings is 1. The van der Waals surface area contributed by atoms with Gasteiger partial charge >= 0.3 is 6.01 Å². The molecule has 0 radical (unpaired) electrons. The largest absolute Gasteiger partial charge is 0.508 e. The van der Waals surface area contributed by atoms with Gasteiger partial charge in [0.1, 0.15) is 35.1 Å². The predicted molar refractivity (Wildman–Crippen MR) is 182 cm³/mol. The molecule has 0 amide bonds. The highest BCUT2D eigenvalue weighted by atomic mass is 19.1. The maximum atomic E-state index is 17.0. The number of phenols is 1. The molecule has 0 aliphatic carbocycles. The molecule has 9 rings (SSSR count). The van der Waals surface area contributed by atoms with E-state index in [-0.39, 0.29) is 28.5 Å². The van der Waals surface area contributed by atoms with Gasteiger partial charge in [-0.05, 0) is 67.4 Å². The van der Waals surface area contributed by atoms with Crippen molar-refractivity contribution in [2.45, 2.75) is 49.9 Å². The topological polar surface area (TPSA) is 95.9 Å². The van der Waals surface area contributed by atoms with Crippen molar-refractivity contribution in [2.24, 2.45) is 0 Å². The first kappa shape index (κ1) is 29.2. The number of fused-ring (bicyclic) bond motifs is 7. The average Bonchev–Trinajstić information content (AvgIpc) is 3.77. The summed E-state index contributed by atoms with van der Waals surface area (Å²) in [5.74, 6) is 3.58. The Morgan fingerprint density at radius 3 is 2.77 bits per heavy atom. The molecule has 4 aliphatic rings. The van der Waals surface area contributed by atoms with Gasteiger partial charge in [-0.3, -0.25) is 9.88 Å². The van der Waals surface area contributed by atoms with Crippen molar-refractivity contribution in [3.8, 4) is 41.1 Å². The van der Waals surface area contributed by atoms with Gasteiger partial charge in [-0.25, -0.2) is 4.39 Å². The number of benzene rings is 3. The number of anilines is 1. The van der Waals surface area contributed by atoms with Crippen LogP contribution in [0, 0.1) is 18.2 Å². The number of nitrogens with zero attached hydrogens (tertiary/aromatic N) is 5. The van der Waals surface area contributed by atoms with Gasteiger partial charge < -0.3 is 24.8 Å². The fraction of sp³-hybridized carbons (Fsp3) is 0.342. The highest BCUT2D eigenvalue weighted by Crippen LogP contribution is 2.49. The van der Waals surface area contributed by atoms with Gasteiger partial charge in [-0.1, -0.05) is 30.2 Å². The molecule has 0 spiro atoms. The number of halogens is 1. The summed E-state index contributed by atoms with van der Waals surface area (Å²) in [4.78, 5) is 19.0. The molecule has 3 fully saturated rings. The van der Waals surface area contributed by atoms with Gasteiger partial charge in [0.15, 0.2) is 5.82 Å². The number of methoxy groups -OCH3 is 1. The Morgan fingerprint density at radius 2 is 1.96 bits per heavy atom. The smallest absolute Gasteiger partial charge is 0.319 e. The van der Waals surface area contributed by atoms with E-state index in [0.717, 1.165) is 57.6 Å². The third kappa shape index (κ3) is 4.41. The van der Waals surface area contributed by atoms with Crippen molar-refractivity contribution in [3.05, 3.63) is 77.2 Å². The van der Waals surface area contributed by atoms with E-state index in [2.05, 4.69) is 32.1 Å². The summed E-state index contributed by atoms with van der Waals surface area (Å²) < 4.78 is 29.3. The van der Waals surface area contributed by atoms with E-state index in [0.29, 0.717) is 51.8 Å². The number of nitrogens with one attached hydrogen (secondary N) is 1. The quantitative estimate of drug-likeness (QED) is 0.233. The number of hydrogen-bond donors (Lipinski definition) is 2. The van der Waals surface area contributed by atoms with Crippen molar-refractivity contribution in [1.29, 1.82) is 0 Å². The number of rotatable bonds is 6.